The Hall–Kier alpha value is 0.356. The second-order valence-electron chi connectivity index (χ2n) is 8.33. The molecule has 0 bridgehead atoms. The zero-order valence-electron chi connectivity index (χ0n) is 18.4. The third-order valence-electron chi connectivity index (χ3n) is 6.66. The number of aliphatic hydroxyl groups is 1. The van der Waals surface area contributed by atoms with Gasteiger partial charge in [-0.1, -0.05) is 13.0 Å². The Balaban J connectivity index is 0.000000686. The fourth-order valence-corrected chi connectivity index (χ4v) is 5.54. The van der Waals surface area contributed by atoms with E-state index in [1.807, 2.05) is 12.1 Å². The molecule has 31 heavy (non-hydrogen) atoms. The van der Waals surface area contributed by atoms with Gasteiger partial charge in [-0.25, -0.2) is 0 Å². The Labute approximate surface area is 226 Å². The number of aliphatic hydroxyl groups excluding tert-OH is 1. The van der Waals surface area contributed by atoms with Crippen molar-refractivity contribution in [3.05, 3.63) is 29.3 Å². The predicted molar refractivity (Wildman–Crippen MR) is 108 cm³/mol. The Kier molecular flexibility index (Phi) is 10.6. The van der Waals surface area contributed by atoms with E-state index in [1.165, 1.54) is 30.4 Å². The van der Waals surface area contributed by atoms with Gasteiger partial charge < -0.3 is 11.6 Å². The number of rotatable bonds is 0. The third kappa shape index (κ3) is 8.57. The average molecular weight is 509 g/mol. The SMILES string of the molecule is C[C@]12CC[C@@H]3c4ccc(O)cc4CC[C@H]3[C@@H]1CC[C@@H]2O.O=S(=O)(O)O.O=S(=O)(O)O.[H-].[K+]. The molecule has 1 aromatic rings. The Morgan fingerprint density at radius 1 is 0.968 bits per heavy atom. The van der Waals surface area contributed by atoms with E-state index in [4.69, 9.17) is 35.0 Å². The smallest absolute Gasteiger partial charge is 1.00 e. The Morgan fingerprint density at radius 3 is 2.06 bits per heavy atom. The van der Waals surface area contributed by atoms with Crippen molar-refractivity contribution in [1.82, 2.24) is 0 Å². The molecule has 1 aromatic carbocycles. The first-order valence-corrected chi connectivity index (χ1v) is 12.3. The van der Waals surface area contributed by atoms with Crippen LogP contribution in [-0.2, 0) is 27.2 Å². The van der Waals surface area contributed by atoms with Crippen LogP contribution >= 0.6 is 0 Å². The summed E-state index contributed by atoms with van der Waals surface area (Å²) in [6.07, 6.45) is 6.78. The summed E-state index contributed by atoms with van der Waals surface area (Å²) in [6, 6.07) is 5.96. The van der Waals surface area contributed by atoms with E-state index in [1.54, 1.807) is 0 Å². The molecule has 0 radical (unpaired) electrons. The fraction of sp³-hybridized carbons (Fsp3) is 0.667. The molecule has 10 nitrogen and oxygen atoms in total. The van der Waals surface area contributed by atoms with E-state index in [0.717, 1.165) is 25.2 Å². The maximum Gasteiger partial charge on any atom is 1.00 e. The van der Waals surface area contributed by atoms with E-state index in [9.17, 15) is 10.2 Å². The van der Waals surface area contributed by atoms with Crippen LogP contribution in [0.15, 0.2) is 18.2 Å². The number of hydrogen-bond acceptors (Lipinski definition) is 6. The quantitative estimate of drug-likeness (QED) is 0.195. The monoisotopic (exact) mass is 508 g/mol. The van der Waals surface area contributed by atoms with E-state index in [0.29, 0.717) is 17.6 Å². The van der Waals surface area contributed by atoms with Crippen molar-refractivity contribution in [1.29, 1.82) is 0 Å². The number of fused-ring (bicyclic) bond motifs is 5. The molecule has 3 aliphatic carbocycles. The molecule has 0 heterocycles. The second kappa shape index (κ2) is 11.2. The average Bonchev–Trinajstić information content (AvgIpc) is 2.87. The Morgan fingerprint density at radius 2 is 1.52 bits per heavy atom. The van der Waals surface area contributed by atoms with Crippen molar-refractivity contribution in [3.8, 4) is 5.75 Å². The number of aromatic hydroxyl groups is 1. The summed E-state index contributed by atoms with van der Waals surface area (Å²) in [7, 11) is -9.33. The van der Waals surface area contributed by atoms with Crippen LogP contribution in [0.4, 0.5) is 0 Å². The van der Waals surface area contributed by atoms with Crippen LogP contribution < -0.4 is 51.4 Å². The molecule has 6 N–H and O–H groups in total. The topological polar surface area (TPSA) is 190 Å². The van der Waals surface area contributed by atoms with E-state index in [-0.39, 0.29) is 64.3 Å². The van der Waals surface area contributed by atoms with Crippen LogP contribution in [0.1, 0.15) is 57.5 Å². The summed E-state index contributed by atoms with van der Waals surface area (Å²) in [4.78, 5) is 0. The van der Waals surface area contributed by atoms with Crippen LogP contribution in [0.5, 0.6) is 5.75 Å². The van der Waals surface area contributed by atoms with Crippen LogP contribution in [-0.4, -0.2) is 51.4 Å². The first-order valence-electron chi connectivity index (χ1n) is 9.49. The van der Waals surface area contributed by atoms with Gasteiger partial charge in [0, 0.05) is 0 Å². The van der Waals surface area contributed by atoms with Crippen molar-refractivity contribution >= 4 is 20.8 Å². The Bertz CT molecular complexity index is 926. The molecule has 4 rings (SSSR count). The summed E-state index contributed by atoms with van der Waals surface area (Å²) >= 11 is 0. The van der Waals surface area contributed by atoms with Crippen molar-refractivity contribution < 1.29 is 98.1 Å². The first kappa shape index (κ1) is 29.4. The molecular weight excluding hydrogens is 479 g/mol. The number of hydrogen-bond donors (Lipinski definition) is 6. The molecule has 2 fully saturated rings. The fourth-order valence-electron chi connectivity index (χ4n) is 5.54. The standard InChI is InChI=1S/C18H24O2.K.2H2O4S.H/c1-18-9-8-14-13-5-3-12(19)10-11(13)2-4-15(14)16(18)6-7-17(18)20;;2*1-5(2,3)4;/h3,5,10,14-17,19-20H,2,4,6-9H2,1H3;;2*(H2,1,2,3,4);/q;+1;;;-1/t14-,15-,16+,17+,18+;;;;/m1..../s1. The summed E-state index contributed by atoms with van der Waals surface area (Å²) in [5.74, 6) is 2.49. The summed E-state index contributed by atoms with van der Waals surface area (Å²) in [5.41, 5.74) is 2.99. The molecule has 0 unspecified atom stereocenters. The summed E-state index contributed by atoms with van der Waals surface area (Å²) in [6.45, 7) is 2.32. The largest absolute Gasteiger partial charge is 1.00 e. The van der Waals surface area contributed by atoms with E-state index >= 15 is 0 Å². The van der Waals surface area contributed by atoms with Gasteiger partial charge in [0.1, 0.15) is 5.75 Å². The number of aryl methyl sites for hydroxylation is 1. The van der Waals surface area contributed by atoms with Crippen LogP contribution in [0, 0.1) is 17.3 Å². The van der Waals surface area contributed by atoms with Gasteiger partial charge in [-0.15, -0.1) is 0 Å². The van der Waals surface area contributed by atoms with Gasteiger partial charge in [0.2, 0.25) is 0 Å². The minimum absolute atomic E-state index is 0. The van der Waals surface area contributed by atoms with Crippen LogP contribution in [0.25, 0.3) is 0 Å². The second-order valence-corrected chi connectivity index (χ2v) is 10.1. The predicted octanol–water partition coefficient (Wildman–Crippen LogP) is -0.580. The van der Waals surface area contributed by atoms with Crippen molar-refractivity contribution in [2.75, 3.05) is 0 Å². The van der Waals surface area contributed by atoms with Crippen molar-refractivity contribution in [2.45, 2.75) is 57.5 Å². The van der Waals surface area contributed by atoms with Gasteiger partial charge in [-0.05, 0) is 85.0 Å². The summed E-state index contributed by atoms with van der Waals surface area (Å²) in [5, 5.41) is 20.0. The van der Waals surface area contributed by atoms with Gasteiger partial charge in [0.25, 0.3) is 0 Å². The van der Waals surface area contributed by atoms with E-state index < -0.39 is 20.8 Å². The zero-order chi connectivity index (χ0) is 22.9. The number of phenols is 1. The number of phenolic OH excluding ortho intramolecular Hbond substituents is 1. The molecule has 0 aromatic heterocycles. The van der Waals surface area contributed by atoms with Crippen molar-refractivity contribution in [3.63, 3.8) is 0 Å². The van der Waals surface area contributed by atoms with E-state index in [2.05, 4.69) is 13.0 Å². The molecule has 0 saturated heterocycles. The molecule has 0 spiro atoms. The maximum atomic E-state index is 10.4. The van der Waals surface area contributed by atoms with Gasteiger partial charge in [-0.3, -0.25) is 18.2 Å². The maximum absolute atomic E-state index is 10.4. The van der Waals surface area contributed by atoms with Gasteiger partial charge in [-0.2, -0.15) is 16.8 Å². The minimum Gasteiger partial charge on any atom is -1.00 e. The zero-order valence-corrected chi connectivity index (χ0v) is 22.2. The molecular formula is C18H29KO10S2. The molecule has 0 aliphatic heterocycles. The molecule has 0 amide bonds. The minimum atomic E-state index is -4.67. The molecule has 3 aliphatic rings. The molecule has 13 heteroatoms. The normalized spacial score (nSPS) is 31.3. The molecule has 2 saturated carbocycles. The van der Waals surface area contributed by atoms with Crippen LogP contribution in [0.2, 0.25) is 0 Å². The third-order valence-corrected chi connectivity index (χ3v) is 6.66. The molecule has 174 valence electrons. The van der Waals surface area contributed by atoms with Crippen LogP contribution in [0.3, 0.4) is 0 Å². The summed E-state index contributed by atoms with van der Waals surface area (Å²) < 4.78 is 63.2. The van der Waals surface area contributed by atoms with Gasteiger partial charge in [0.05, 0.1) is 6.10 Å². The molecule has 5 atom stereocenters. The van der Waals surface area contributed by atoms with Gasteiger partial charge >= 0.3 is 72.2 Å². The first-order chi connectivity index (χ1) is 13.6. The van der Waals surface area contributed by atoms with Gasteiger partial charge in [0.15, 0.2) is 0 Å². The van der Waals surface area contributed by atoms with Crippen molar-refractivity contribution in [2.24, 2.45) is 17.3 Å². The number of benzene rings is 1.